The maximum Gasteiger partial charge on any atom is 0.159 e. The van der Waals surface area contributed by atoms with Crippen LogP contribution in [0.25, 0.3) is 0 Å². The molecule has 0 atom stereocenters. The second-order valence-electron chi connectivity index (χ2n) is 5.01. The first-order chi connectivity index (χ1) is 11.1. The number of rotatable bonds is 6. The van der Waals surface area contributed by atoms with Crippen LogP contribution in [0.3, 0.4) is 0 Å². The molecule has 0 unspecified atom stereocenters. The van der Waals surface area contributed by atoms with E-state index >= 15 is 0 Å². The van der Waals surface area contributed by atoms with Gasteiger partial charge in [0.25, 0.3) is 0 Å². The molecule has 0 aliphatic rings. The second-order valence-corrected chi connectivity index (χ2v) is 6.01. The van der Waals surface area contributed by atoms with Gasteiger partial charge in [-0.3, -0.25) is 9.79 Å². The van der Waals surface area contributed by atoms with E-state index in [0.717, 1.165) is 16.9 Å². The van der Waals surface area contributed by atoms with E-state index in [0.29, 0.717) is 23.0 Å². The number of amidine groups is 1. The Hall–Kier alpha value is -2.27. The maximum atomic E-state index is 11.5. The van der Waals surface area contributed by atoms with Gasteiger partial charge >= 0.3 is 0 Å². The highest BCUT2D eigenvalue weighted by Crippen LogP contribution is 2.25. The number of nitrogens with two attached hydrogens (primary N) is 1. The van der Waals surface area contributed by atoms with Crippen molar-refractivity contribution in [2.45, 2.75) is 19.2 Å². The zero-order valence-electron chi connectivity index (χ0n) is 13.3. The van der Waals surface area contributed by atoms with Crippen molar-refractivity contribution in [3.63, 3.8) is 0 Å². The molecule has 2 rings (SSSR count). The highest BCUT2D eigenvalue weighted by atomic mass is 32.2. The number of hydrogen-bond acceptors (Lipinski definition) is 4. The average Bonchev–Trinajstić information content (AvgIpc) is 2.58. The lowest BCUT2D eigenvalue weighted by atomic mass is 10.1. The molecule has 0 radical (unpaired) electrons. The Morgan fingerprint density at radius 2 is 1.96 bits per heavy atom. The molecule has 2 aromatic rings. The molecule has 0 bridgehead atoms. The van der Waals surface area contributed by atoms with Crippen molar-refractivity contribution in [1.29, 1.82) is 0 Å². The van der Waals surface area contributed by atoms with Gasteiger partial charge in [-0.15, -0.1) is 0 Å². The van der Waals surface area contributed by atoms with E-state index in [-0.39, 0.29) is 5.78 Å². The standard InChI is InChI=1S/C18H20N2O2S/c1-13(21)15-8-9-17(22-2)16(10-15)12-23-18(19)20-11-14-6-4-3-5-7-14/h3-10H,11-12H2,1-2H3,(H2,19,20). The third kappa shape index (κ3) is 5.14. The molecule has 23 heavy (non-hydrogen) atoms. The highest BCUT2D eigenvalue weighted by molar-refractivity contribution is 8.13. The van der Waals surface area contributed by atoms with Crippen LogP contribution in [0.5, 0.6) is 5.75 Å². The molecule has 0 aromatic heterocycles. The number of Topliss-reactive ketones (excluding diaryl/α,β-unsaturated/α-hetero) is 1. The Kier molecular flexibility index (Phi) is 6.23. The van der Waals surface area contributed by atoms with E-state index in [1.807, 2.05) is 42.5 Å². The van der Waals surface area contributed by atoms with Crippen LogP contribution in [0.1, 0.15) is 28.4 Å². The Bertz CT molecular complexity index is 699. The number of benzene rings is 2. The smallest absolute Gasteiger partial charge is 0.159 e. The lowest BCUT2D eigenvalue weighted by Gasteiger charge is -2.09. The summed E-state index contributed by atoms with van der Waals surface area (Å²) < 4.78 is 5.34. The summed E-state index contributed by atoms with van der Waals surface area (Å²) in [5.74, 6) is 1.39. The first-order valence-electron chi connectivity index (χ1n) is 7.24. The summed E-state index contributed by atoms with van der Waals surface area (Å²) in [6, 6.07) is 15.4. The van der Waals surface area contributed by atoms with Crippen LogP contribution in [0, 0.1) is 0 Å². The summed E-state index contributed by atoms with van der Waals surface area (Å²) in [6.07, 6.45) is 0. The number of hydrogen-bond donors (Lipinski definition) is 1. The number of aliphatic imine (C=N–C) groups is 1. The third-order valence-corrected chi connectivity index (χ3v) is 4.20. The number of carbonyl (C=O) groups excluding carboxylic acids is 1. The minimum atomic E-state index is 0.0321. The molecule has 120 valence electrons. The van der Waals surface area contributed by atoms with E-state index in [4.69, 9.17) is 10.5 Å². The number of carbonyl (C=O) groups is 1. The van der Waals surface area contributed by atoms with Gasteiger partial charge < -0.3 is 10.5 Å². The molecule has 0 fully saturated rings. The lowest BCUT2D eigenvalue weighted by molar-refractivity contribution is 0.101. The average molecular weight is 328 g/mol. The zero-order chi connectivity index (χ0) is 16.7. The van der Waals surface area contributed by atoms with Gasteiger partial charge in [0.2, 0.25) is 0 Å². The largest absolute Gasteiger partial charge is 0.496 e. The van der Waals surface area contributed by atoms with Crippen molar-refractivity contribution in [2.24, 2.45) is 10.7 Å². The van der Waals surface area contributed by atoms with Crippen LogP contribution in [-0.2, 0) is 12.3 Å². The van der Waals surface area contributed by atoms with Crippen molar-refractivity contribution in [1.82, 2.24) is 0 Å². The monoisotopic (exact) mass is 328 g/mol. The predicted octanol–water partition coefficient (Wildman–Crippen LogP) is 3.65. The maximum absolute atomic E-state index is 11.5. The van der Waals surface area contributed by atoms with E-state index in [1.165, 1.54) is 11.8 Å². The van der Waals surface area contributed by atoms with Crippen LogP contribution in [0.4, 0.5) is 0 Å². The first-order valence-corrected chi connectivity index (χ1v) is 8.23. The lowest BCUT2D eigenvalue weighted by Crippen LogP contribution is -2.08. The first kappa shape index (κ1) is 17.1. The number of methoxy groups -OCH3 is 1. The van der Waals surface area contributed by atoms with E-state index < -0.39 is 0 Å². The number of ether oxygens (including phenoxy) is 1. The zero-order valence-corrected chi connectivity index (χ0v) is 14.1. The van der Waals surface area contributed by atoms with Gasteiger partial charge in [-0.25, -0.2) is 0 Å². The molecule has 0 aliphatic carbocycles. The Labute approximate surface area is 140 Å². The van der Waals surface area contributed by atoms with Crippen LogP contribution in [-0.4, -0.2) is 18.1 Å². The summed E-state index contributed by atoms with van der Waals surface area (Å²) in [6.45, 7) is 2.11. The molecule has 4 nitrogen and oxygen atoms in total. The van der Waals surface area contributed by atoms with Gasteiger partial charge in [0.15, 0.2) is 11.0 Å². The summed E-state index contributed by atoms with van der Waals surface area (Å²) in [5.41, 5.74) is 8.68. The van der Waals surface area contributed by atoms with Crippen LogP contribution in [0.2, 0.25) is 0 Å². The fraction of sp³-hybridized carbons (Fsp3) is 0.222. The molecule has 2 N–H and O–H groups in total. The van der Waals surface area contributed by atoms with Crippen molar-refractivity contribution in [2.75, 3.05) is 7.11 Å². The molecule has 5 heteroatoms. The Balaban J connectivity index is 2.01. The number of thioether (sulfide) groups is 1. The van der Waals surface area contributed by atoms with Gasteiger partial charge in [0.1, 0.15) is 5.75 Å². The van der Waals surface area contributed by atoms with Crippen LogP contribution >= 0.6 is 11.8 Å². The van der Waals surface area contributed by atoms with Gasteiger partial charge in [0.05, 0.1) is 13.7 Å². The van der Waals surface area contributed by atoms with E-state index in [9.17, 15) is 4.79 Å². The van der Waals surface area contributed by atoms with Gasteiger partial charge in [-0.05, 0) is 30.7 Å². The van der Waals surface area contributed by atoms with Gasteiger partial charge in [0, 0.05) is 16.9 Å². The third-order valence-electron chi connectivity index (χ3n) is 3.32. The molecule has 0 spiro atoms. The fourth-order valence-electron chi connectivity index (χ4n) is 2.06. The SMILES string of the molecule is COc1ccc(C(C)=O)cc1CSC(N)=NCc1ccccc1. The number of nitrogens with zero attached hydrogens (tertiary/aromatic N) is 1. The quantitative estimate of drug-likeness (QED) is 0.499. The molecular weight excluding hydrogens is 308 g/mol. The summed E-state index contributed by atoms with van der Waals surface area (Å²) in [5, 5.41) is 0.518. The number of ketones is 1. The highest BCUT2D eigenvalue weighted by Gasteiger charge is 2.08. The Morgan fingerprint density at radius 3 is 2.61 bits per heavy atom. The molecule has 0 saturated heterocycles. The predicted molar refractivity (Wildman–Crippen MR) is 96.1 cm³/mol. The second kappa shape index (κ2) is 8.39. The van der Waals surface area contributed by atoms with Gasteiger partial charge in [-0.2, -0.15) is 0 Å². The molecule has 0 heterocycles. The molecule has 0 amide bonds. The minimum absolute atomic E-state index is 0.0321. The van der Waals surface area contributed by atoms with Crippen molar-refractivity contribution in [3.8, 4) is 5.75 Å². The topological polar surface area (TPSA) is 64.7 Å². The van der Waals surface area contributed by atoms with Crippen LogP contribution in [0.15, 0.2) is 53.5 Å². The molecule has 2 aromatic carbocycles. The molecule has 0 aliphatic heterocycles. The van der Waals surface area contributed by atoms with E-state index in [1.54, 1.807) is 20.1 Å². The summed E-state index contributed by atoms with van der Waals surface area (Å²) in [4.78, 5) is 15.9. The molecule has 0 saturated carbocycles. The normalized spacial score (nSPS) is 11.3. The van der Waals surface area contributed by atoms with Crippen molar-refractivity contribution < 1.29 is 9.53 Å². The summed E-state index contributed by atoms with van der Waals surface area (Å²) in [7, 11) is 1.61. The van der Waals surface area contributed by atoms with E-state index in [2.05, 4.69) is 4.99 Å². The van der Waals surface area contributed by atoms with Gasteiger partial charge in [-0.1, -0.05) is 42.1 Å². The van der Waals surface area contributed by atoms with Crippen molar-refractivity contribution >= 4 is 22.7 Å². The van der Waals surface area contributed by atoms with Crippen LogP contribution < -0.4 is 10.5 Å². The Morgan fingerprint density at radius 1 is 1.22 bits per heavy atom. The molecular formula is C18H20N2O2S. The fourth-order valence-corrected chi connectivity index (χ4v) is 2.75. The van der Waals surface area contributed by atoms with Crippen molar-refractivity contribution in [3.05, 3.63) is 65.2 Å². The summed E-state index contributed by atoms with van der Waals surface area (Å²) >= 11 is 1.44. The minimum Gasteiger partial charge on any atom is -0.496 e.